The normalized spacial score (nSPS) is 11.8. The van der Waals surface area contributed by atoms with Gasteiger partial charge in [0, 0.05) is 11.8 Å². The van der Waals surface area contributed by atoms with Crippen LogP contribution in [0.15, 0.2) is 0 Å². The van der Waals surface area contributed by atoms with Crippen LogP contribution in [0.2, 0.25) is 0 Å². The maximum atomic E-state index is 11.8. The number of hydrogen-bond acceptors (Lipinski definition) is 2. The van der Waals surface area contributed by atoms with Gasteiger partial charge in [-0.05, 0) is 6.42 Å². The van der Waals surface area contributed by atoms with E-state index in [9.17, 15) is 4.79 Å². The third kappa shape index (κ3) is 12.2. The van der Waals surface area contributed by atoms with Crippen LogP contribution in [0, 0.1) is 5.41 Å². The predicted molar refractivity (Wildman–Crippen MR) is 96.2 cm³/mol. The summed E-state index contributed by atoms with van der Waals surface area (Å²) >= 11 is 0. The molecule has 0 bridgehead atoms. The minimum Gasteiger partial charge on any atom is -0.395 e. The molecule has 0 aromatic heterocycles. The minimum absolute atomic E-state index is 0.0374. The van der Waals surface area contributed by atoms with Crippen molar-refractivity contribution >= 4 is 5.78 Å². The lowest BCUT2D eigenvalue weighted by Crippen LogP contribution is -2.27. The molecule has 0 rings (SSSR count). The lowest BCUT2D eigenvalue weighted by molar-refractivity contribution is -0.129. The molecular formula is C20H40O2. The Morgan fingerprint density at radius 1 is 0.727 bits per heavy atom. The number of Topliss-reactive ketones (excluding diaryl/α,β-unsaturated/α-hetero) is 1. The van der Waals surface area contributed by atoms with Crippen LogP contribution in [0.25, 0.3) is 0 Å². The minimum atomic E-state index is -0.545. The summed E-state index contributed by atoms with van der Waals surface area (Å²) in [5.41, 5.74) is -0.545. The van der Waals surface area contributed by atoms with Gasteiger partial charge in [-0.15, -0.1) is 0 Å². The Labute approximate surface area is 139 Å². The number of carbonyl (C=O) groups is 1. The van der Waals surface area contributed by atoms with Crippen molar-refractivity contribution < 1.29 is 9.90 Å². The van der Waals surface area contributed by atoms with Gasteiger partial charge in [-0.25, -0.2) is 0 Å². The number of aliphatic hydroxyl groups excluding tert-OH is 1. The predicted octanol–water partition coefficient (Wildman–Crippen LogP) is 6.06. The van der Waals surface area contributed by atoms with E-state index in [4.69, 9.17) is 5.11 Å². The van der Waals surface area contributed by atoms with Crippen LogP contribution in [-0.2, 0) is 4.79 Å². The van der Waals surface area contributed by atoms with Gasteiger partial charge in [0.15, 0.2) is 0 Å². The van der Waals surface area contributed by atoms with Crippen molar-refractivity contribution in [2.75, 3.05) is 6.61 Å². The second kappa shape index (κ2) is 14.2. The van der Waals surface area contributed by atoms with Crippen molar-refractivity contribution in [2.45, 2.75) is 111 Å². The molecule has 0 aliphatic rings. The average molecular weight is 313 g/mol. The van der Waals surface area contributed by atoms with Gasteiger partial charge in [-0.1, -0.05) is 97.8 Å². The van der Waals surface area contributed by atoms with Crippen LogP contribution >= 0.6 is 0 Å². The zero-order valence-electron chi connectivity index (χ0n) is 15.5. The number of carbonyl (C=O) groups excluding carboxylic acids is 1. The van der Waals surface area contributed by atoms with E-state index in [0.717, 1.165) is 12.8 Å². The first kappa shape index (κ1) is 21.6. The fourth-order valence-corrected chi connectivity index (χ4v) is 2.73. The topological polar surface area (TPSA) is 37.3 Å². The molecule has 0 amide bonds. The Balaban J connectivity index is 3.23. The molecule has 2 nitrogen and oxygen atoms in total. The molecule has 0 aromatic carbocycles. The fourth-order valence-electron chi connectivity index (χ4n) is 2.73. The van der Waals surface area contributed by atoms with E-state index in [2.05, 4.69) is 6.92 Å². The zero-order chi connectivity index (χ0) is 16.7. The van der Waals surface area contributed by atoms with E-state index < -0.39 is 5.41 Å². The molecule has 0 fully saturated rings. The maximum absolute atomic E-state index is 11.8. The summed E-state index contributed by atoms with van der Waals surface area (Å²) in [6.45, 7) is 5.89. The maximum Gasteiger partial charge on any atom is 0.140 e. The molecule has 0 heterocycles. The van der Waals surface area contributed by atoms with Crippen LogP contribution in [0.3, 0.4) is 0 Å². The monoisotopic (exact) mass is 312 g/mol. The van der Waals surface area contributed by atoms with Crippen LogP contribution in [0.4, 0.5) is 0 Å². The van der Waals surface area contributed by atoms with Crippen molar-refractivity contribution in [3.05, 3.63) is 0 Å². The molecule has 0 aromatic rings. The lowest BCUT2D eigenvalue weighted by Gasteiger charge is -2.19. The molecule has 0 aliphatic heterocycles. The summed E-state index contributed by atoms with van der Waals surface area (Å²) in [6, 6.07) is 0. The molecular weight excluding hydrogens is 272 g/mol. The largest absolute Gasteiger partial charge is 0.395 e. The highest BCUT2D eigenvalue weighted by Gasteiger charge is 2.25. The molecule has 0 unspecified atom stereocenters. The van der Waals surface area contributed by atoms with Crippen LogP contribution in [0.5, 0.6) is 0 Å². The van der Waals surface area contributed by atoms with Gasteiger partial charge in [0.1, 0.15) is 5.78 Å². The van der Waals surface area contributed by atoms with Crippen LogP contribution < -0.4 is 0 Å². The van der Waals surface area contributed by atoms with E-state index in [0.29, 0.717) is 6.42 Å². The Morgan fingerprint density at radius 3 is 1.45 bits per heavy atom. The molecule has 0 saturated heterocycles. The fraction of sp³-hybridized carbons (Fsp3) is 0.950. The van der Waals surface area contributed by atoms with Crippen LogP contribution in [0.1, 0.15) is 111 Å². The summed E-state index contributed by atoms with van der Waals surface area (Å²) in [4.78, 5) is 11.8. The summed E-state index contributed by atoms with van der Waals surface area (Å²) < 4.78 is 0. The first-order valence-electron chi connectivity index (χ1n) is 9.68. The van der Waals surface area contributed by atoms with E-state index in [1.165, 1.54) is 70.6 Å². The van der Waals surface area contributed by atoms with E-state index in [1.54, 1.807) is 0 Å². The highest BCUT2D eigenvalue weighted by Crippen LogP contribution is 2.19. The highest BCUT2D eigenvalue weighted by atomic mass is 16.3. The SMILES string of the molecule is CCCCCCCCCCCCCCCC(=O)C(C)(C)CO. The van der Waals surface area contributed by atoms with Crippen molar-refractivity contribution in [3.8, 4) is 0 Å². The van der Waals surface area contributed by atoms with Gasteiger partial charge in [0.05, 0.1) is 6.61 Å². The second-order valence-corrected chi connectivity index (χ2v) is 7.46. The number of ketones is 1. The lowest BCUT2D eigenvalue weighted by atomic mass is 9.86. The average Bonchev–Trinajstić information content (AvgIpc) is 2.51. The quantitative estimate of drug-likeness (QED) is 0.352. The molecule has 0 atom stereocenters. The van der Waals surface area contributed by atoms with Gasteiger partial charge < -0.3 is 5.11 Å². The number of aliphatic hydroxyl groups is 1. The Bertz CT molecular complexity index is 258. The number of hydrogen-bond donors (Lipinski definition) is 1. The highest BCUT2D eigenvalue weighted by molar-refractivity contribution is 5.84. The second-order valence-electron chi connectivity index (χ2n) is 7.46. The van der Waals surface area contributed by atoms with Crippen molar-refractivity contribution in [3.63, 3.8) is 0 Å². The van der Waals surface area contributed by atoms with Crippen molar-refractivity contribution in [1.29, 1.82) is 0 Å². The van der Waals surface area contributed by atoms with Crippen molar-refractivity contribution in [2.24, 2.45) is 5.41 Å². The van der Waals surface area contributed by atoms with E-state index in [1.807, 2.05) is 13.8 Å². The van der Waals surface area contributed by atoms with E-state index in [-0.39, 0.29) is 12.4 Å². The standard InChI is InChI=1S/C20H40O2/c1-4-5-6-7-8-9-10-11-12-13-14-15-16-17-19(22)20(2,3)18-21/h21H,4-18H2,1-3H3. The van der Waals surface area contributed by atoms with Crippen LogP contribution in [-0.4, -0.2) is 17.5 Å². The summed E-state index contributed by atoms with van der Waals surface area (Å²) in [5, 5.41) is 9.15. The molecule has 2 heteroatoms. The van der Waals surface area contributed by atoms with E-state index >= 15 is 0 Å². The molecule has 22 heavy (non-hydrogen) atoms. The van der Waals surface area contributed by atoms with Gasteiger partial charge >= 0.3 is 0 Å². The first-order valence-corrected chi connectivity index (χ1v) is 9.68. The number of unbranched alkanes of at least 4 members (excludes halogenated alkanes) is 12. The number of rotatable bonds is 16. The molecule has 0 aliphatic carbocycles. The third-order valence-corrected chi connectivity index (χ3v) is 4.66. The smallest absolute Gasteiger partial charge is 0.140 e. The molecule has 132 valence electrons. The Hall–Kier alpha value is -0.370. The van der Waals surface area contributed by atoms with Crippen molar-refractivity contribution in [1.82, 2.24) is 0 Å². The van der Waals surface area contributed by atoms with Gasteiger partial charge in [-0.3, -0.25) is 4.79 Å². The molecule has 0 saturated carbocycles. The summed E-state index contributed by atoms with van der Waals surface area (Å²) in [6.07, 6.45) is 17.9. The molecule has 0 radical (unpaired) electrons. The molecule has 1 N–H and O–H groups in total. The molecule has 0 spiro atoms. The Morgan fingerprint density at radius 2 is 1.09 bits per heavy atom. The summed E-state index contributed by atoms with van der Waals surface area (Å²) in [5.74, 6) is 0.207. The summed E-state index contributed by atoms with van der Waals surface area (Å²) in [7, 11) is 0. The zero-order valence-corrected chi connectivity index (χ0v) is 15.5. The first-order chi connectivity index (χ1) is 10.5. The van der Waals surface area contributed by atoms with Gasteiger partial charge in [0.2, 0.25) is 0 Å². The third-order valence-electron chi connectivity index (χ3n) is 4.66. The van der Waals surface area contributed by atoms with Gasteiger partial charge in [-0.2, -0.15) is 0 Å². The Kier molecular flexibility index (Phi) is 14.0. The van der Waals surface area contributed by atoms with Gasteiger partial charge in [0.25, 0.3) is 0 Å².